The summed E-state index contributed by atoms with van der Waals surface area (Å²) >= 11 is 0. The van der Waals surface area contributed by atoms with E-state index in [-0.39, 0.29) is 12.5 Å². The number of aryl methyl sites for hydroxylation is 1. The van der Waals surface area contributed by atoms with Crippen LogP contribution in [0, 0.1) is 0 Å². The average molecular weight is 341 g/mol. The molecule has 1 amide bonds. The van der Waals surface area contributed by atoms with Gasteiger partial charge in [-0.2, -0.15) is 0 Å². The molecule has 0 aliphatic heterocycles. The molecule has 2 aromatic heterocycles. The molecule has 0 fully saturated rings. The lowest BCUT2D eigenvalue weighted by atomic mass is 10.2. The molecular formula is C17H19N5O3. The number of hydrogen-bond acceptors (Lipinski definition) is 6. The predicted octanol–water partition coefficient (Wildman–Crippen LogP) is 2.14. The molecule has 8 heteroatoms. The summed E-state index contributed by atoms with van der Waals surface area (Å²) < 4.78 is 12.7. The number of furan rings is 1. The first-order chi connectivity index (χ1) is 12.2. The molecule has 0 bridgehead atoms. The Balaban J connectivity index is 1.65. The van der Waals surface area contributed by atoms with Crippen molar-refractivity contribution >= 4 is 5.91 Å². The van der Waals surface area contributed by atoms with Crippen LogP contribution in [0.4, 0.5) is 0 Å². The van der Waals surface area contributed by atoms with E-state index < -0.39 is 0 Å². The van der Waals surface area contributed by atoms with E-state index in [9.17, 15) is 4.79 Å². The third kappa shape index (κ3) is 4.03. The second-order valence-corrected chi connectivity index (χ2v) is 5.47. The number of benzene rings is 1. The van der Waals surface area contributed by atoms with Crippen LogP contribution in [0.3, 0.4) is 0 Å². The molecule has 3 aromatic rings. The quantitative estimate of drug-likeness (QED) is 0.654. The van der Waals surface area contributed by atoms with Crippen molar-refractivity contribution in [3.8, 4) is 5.75 Å². The first-order valence-corrected chi connectivity index (χ1v) is 7.93. The summed E-state index contributed by atoms with van der Waals surface area (Å²) in [5, 5.41) is 11.4. The maximum atomic E-state index is 12.5. The molecule has 2 heterocycles. The monoisotopic (exact) mass is 341 g/mol. The second kappa shape index (κ2) is 7.61. The minimum Gasteiger partial charge on any atom is -0.486 e. The van der Waals surface area contributed by atoms with E-state index in [1.54, 1.807) is 53.2 Å². The van der Waals surface area contributed by atoms with E-state index in [4.69, 9.17) is 9.15 Å². The van der Waals surface area contributed by atoms with Gasteiger partial charge in [-0.25, -0.2) is 4.68 Å². The molecule has 0 aliphatic rings. The number of aromatic nitrogens is 4. The molecule has 0 spiro atoms. The smallest absolute Gasteiger partial charge is 0.254 e. The van der Waals surface area contributed by atoms with Crippen LogP contribution in [-0.4, -0.2) is 38.1 Å². The first-order valence-electron chi connectivity index (χ1n) is 7.93. The standard InChI is InChI=1S/C17H19N5O3/c1-3-22-16(18-19-20-22)12-25-14-7-4-6-13(10-14)17(23)21(2)11-15-8-5-9-24-15/h4-10H,3,11-12H2,1-2H3. The summed E-state index contributed by atoms with van der Waals surface area (Å²) in [6, 6.07) is 10.7. The summed E-state index contributed by atoms with van der Waals surface area (Å²) in [7, 11) is 1.73. The number of rotatable bonds is 7. The molecule has 0 saturated carbocycles. The second-order valence-electron chi connectivity index (χ2n) is 5.47. The van der Waals surface area contributed by atoms with Gasteiger partial charge in [-0.3, -0.25) is 4.79 Å². The van der Waals surface area contributed by atoms with Gasteiger partial charge in [0.2, 0.25) is 0 Å². The van der Waals surface area contributed by atoms with Crippen molar-refractivity contribution in [3.05, 3.63) is 59.8 Å². The van der Waals surface area contributed by atoms with Crippen molar-refractivity contribution in [2.45, 2.75) is 26.6 Å². The van der Waals surface area contributed by atoms with Crippen molar-refractivity contribution in [2.75, 3.05) is 7.05 Å². The Morgan fingerprint density at radius 1 is 1.32 bits per heavy atom. The first kappa shape index (κ1) is 16.7. The normalized spacial score (nSPS) is 10.6. The summed E-state index contributed by atoms with van der Waals surface area (Å²) in [6.45, 7) is 3.26. The van der Waals surface area contributed by atoms with Crippen LogP contribution < -0.4 is 4.74 Å². The predicted molar refractivity (Wildman–Crippen MR) is 88.8 cm³/mol. The fourth-order valence-corrected chi connectivity index (χ4v) is 2.37. The number of tetrazole rings is 1. The maximum absolute atomic E-state index is 12.5. The van der Waals surface area contributed by atoms with Gasteiger partial charge in [-0.15, -0.1) is 5.10 Å². The minimum atomic E-state index is -0.111. The van der Waals surface area contributed by atoms with Gasteiger partial charge in [0.05, 0.1) is 12.8 Å². The zero-order valence-corrected chi connectivity index (χ0v) is 14.1. The molecular weight excluding hydrogens is 322 g/mol. The van der Waals surface area contributed by atoms with Gasteiger partial charge in [0, 0.05) is 19.2 Å². The summed E-state index contributed by atoms with van der Waals surface area (Å²) in [6.07, 6.45) is 1.59. The van der Waals surface area contributed by atoms with Crippen LogP contribution in [0.2, 0.25) is 0 Å². The highest BCUT2D eigenvalue weighted by atomic mass is 16.5. The molecule has 25 heavy (non-hydrogen) atoms. The van der Waals surface area contributed by atoms with Crippen LogP contribution in [0.15, 0.2) is 47.1 Å². The fraction of sp³-hybridized carbons (Fsp3) is 0.294. The Hall–Kier alpha value is -3.16. The van der Waals surface area contributed by atoms with E-state index in [0.29, 0.717) is 30.2 Å². The van der Waals surface area contributed by atoms with Crippen LogP contribution >= 0.6 is 0 Å². The van der Waals surface area contributed by atoms with E-state index in [1.807, 2.05) is 13.0 Å². The Kier molecular flexibility index (Phi) is 5.08. The van der Waals surface area contributed by atoms with Crippen LogP contribution in [0.1, 0.15) is 28.9 Å². The number of hydrogen-bond donors (Lipinski definition) is 0. The highest BCUT2D eigenvalue weighted by Gasteiger charge is 2.14. The number of ether oxygens (including phenoxy) is 1. The molecule has 8 nitrogen and oxygen atoms in total. The third-order valence-corrected chi connectivity index (χ3v) is 3.67. The Morgan fingerprint density at radius 3 is 2.96 bits per heavy atom. The zero-order chi connectivity index (χ0) is 17.6. The molecule has 0 atom stereocenters. The number of amides is 1. The SMILES string of the molecule is CCn1nnnc1COc1cccc(C(=O)N(C)Cc2ccco2)c1. The summed E-state index contributed by atoms with van der Waals surface area (Å²) in [4.78, 5) is 14.1. The lowest BCUT2D eigenvalue weighted by molar-refractivity contribution is 0.0775. The summed E-state index contributed by atoms with van der Waals surface area (Å²) in [5.74, 6) is 1.84. The highest BCUT2D eigenvalue weighted by Crippen LogP contribution is 2.17. The lowest BCUT2D eigenvalue weighted by Crippen LogP contribution is -2.25. The zero-order valence-electron chi connectivity index (χ0n) is 14.1. The van der Waals surface area contributed by atoms with Crippen LogP contribution in [-0.2, 0) is 19.7 Å². The van der Waals surface area contributed by atoms with Gasteiger partial charge in [0.15, 0.2) is 5.82 Å². The molecule has 0 saturated heterocycles. The van der Waals surface area contributed by atoms with E-state index >= 15 is 0 Å². The van der Waals surface area contributed by atoms with E-state index in [0.717, 1.165) is 5.76 Å². The van der Waals surface area contributed by atoms with Gasteiger partial charge in [-0.1, -0.05) is 6.07 Å². The number of carbonyl (C=O) groups excluding carboxylic acids is 1. The minimum absolute atomic E-state index is 0.111. The van der Waals surface area contributed by atoms with Crippen molar-refractivity contribution in [1.29, 1.82) is 0 Å². The highest BCUT2D eigenvalue weighted by molar-refractivity contribution is 5.94. The average Bonchev–Trinajstić information content (AvgIpc) is 3.30. The lowest BCUT2D eigenvalue weighted by Gasteiger charge is -2.16. The van der Waals surface area contributed by atoms with Crippen molar-refractivity contribution < 1.29 is 13.9 Å². The van der Waals surface area contributed by atoms with Gasteiger partial charge in [0.1, 0.15) is 18.1 Å². The fourth-order valence-electron chi connectivity index (χ4n) is 2.37. The van der Waals surface area contributed by atoms with Crippen LogP contribution in [0.25, 0.3) is 0 Å². The molecule has 130 valence electrons. The van der Waals surface area contributed by atoms with Gasteiger partial charge >= 0.3 is 0 Å². The van der Waals surface area contributed by atoms with Gasteiger partial charge in [0.25, 0.3) is 5.91 Å². The summed E-state index contributed by atoms with van der Waals surface area (Å²) in [5.41, 5.74) is 0.543. The van der Waals surface area contributed by atoms with E-state index in [1.165, 1.54) is 0 Å². The Labute approximate surface area is 145 Å². The van der Waals surface area contributed by atoms with E-state index in [2.05, 4.69) is 15.5 Å². The maximum Gasteiger partial charge on any atom is 0.254 e. The third-order valence-electron chi connectivity index (χ3n) is 3.67. The van der Waals surface area contributed by atoms with Crippen LogP contribution in [0.5, 0.6) is 5.75 Å². The Morgan fingerprint density at radius 2 is 2.20 bits per heavy atom. The number of nitrogens with zero attached hydrogens (tertiary/aromatic N) is 5. The molecule has 0 unspecified atom stereocenters. The molecule has 0 aliphatic carbocycles. The van der Waals surface area contributed by atoms with Crippen molar-refractivity contribution in [3.63, 3.8) is 0 Å². The topological polar surface area (TPSA) is 86.3 Å². The van der Waals surface area contributed by atoms with Crippen molar-refractivity contribution in [2.24, 2.45) is 0 Å². The molecule has 0 N–H and O–H groups in total. The molecule has 3 rings (SSSR count). The Bertz CT molecular complexity index is 828. The number of carbonyl (C=O) groups is 1. The van der Waals surface area contributed by atoms with Crippen molar-refractivity contribution in [1.82, 2.24) is 25.1 Å². The molecule has 1 aromatic carbocycles. The largest absolute Gasteiger partial charge is 0.486 e. The van der Waals surface area contributed by atoms with Gasteiger partial charge < -0.3 is 14.1 Å². The van der Waals surface area contributed by atoms with Gasteiger partial charge in [-0.05, 0) is 47.7 Å². The molecule has 0 radical (unpaired) electrons.